The maximum Gasteiger partial charge on any atom is 0.416 e. The molecule has 2 aromatic carbocycles. The third-order valence-electron chi connectivity index (χ3n) is 5.44. The molecule has 0 bridgehead atoms. The SMILES string of the molecule is COc1ccc(-c2noc(CSCC(=O)N3CCN(c4cccc(C(F)(F)F)c4)CC3)n2)cc1. The highest BCUT2D eigenvalue weighted by Gasteiger charge is 2.31. The number of ether oxygens (including phenoxy) is 1. The number of benzene rings is 2. The van der Waals surface area contributed by atoms with Gasteiger partial charge in [-0.1, -0.05) is 11.2 Å². The number of carbonyl (C=O) groups excluding carboxylic acids is 1. The highest BCUT2D eigenvalue weighted by Crippen LogP contribution is 2.32. The van der Waals surface area contributed by atoms with E-state index in [0.29, 0.717) is 49.3 Å². The van der Waals surface area contributed by atoms with E-state index in [0.717, 1.165) is 23.4 Å². The van der Waals surface area contributed by atoms with Crippen molar-refractivity contribution >= 4 is 23.4 Å². The Bertz CT molecular complexity index is 1110. The lowest BCUT2D eigenvalue weighted by Gasteiger charge is -2.36. The molecule has 11 heteroatoms. The van der Waals surface area contributed by atoms with Crippen molar-refractivity contribution in [1.29, 1.82) is 0 Å². The summed E-state index contributed by atoms with van der Waals surface area (Å²) in [5.41, 5.74) is 0.645. The molecule has 180 valence electrons. The molecule has 3 aromatic rings. The molecular formula is C23H23F3N4O3S. The van der Waals surface area contributed by atoms with Crippen molar-refractivity contribution < 1.29 is 27.2 Å². The molecule has 1 amide bonds. The van der Waals surface area contributed by atoms with Gasteiger partial charge >= 0.3 is 6.18 Å². The summed E-state index contributed by atoms with van der Waals surface area (Å²) in [7, 11) is 1.59. The number of alkyl halides is 3. The van der Waals surface area contributed by atoms with Crippen molar-refractivity contribution in [2.45, 2.75) is 11.9 Å². The number of methoxy groups -OCH3 is 1. The van der Waals surface area contributed by atoms with Crippen LogP contribution in [0.2, 0.25) is 0 Å². The summed E-state index contributed by atoms with van der Waals surface area (Å²) < 4.78 is 49.3. The third-order valence-corrected chi connectivity index (χ3v) is 6.34. The van der Waals surface area contributed by atoms with Crippen LogP contribution in [-0.2, 0) is 16.7 Å². The third kappa shape index (κ3) is 5.82. The molecule has 0 saturated carbocycles. The van der Waals surface area contributed by atoms with Crippen LogP contribution in [0.4, 0.5) is 18.9 Å². The number of piperazine rings is 1. The van der Waals surface area contributed by atoms with Crippen LogP contribution in [0.3, 0.4) is 0 Å². The van der Waals surface area contributed by atoms with Crippen LogP contribution in [-0.4, -0.2) is 60.0 Å². The predicted molar refractivity (Wildman–Crippen MR) is 123 cm³/mol. The van der Waals surface area contributed by atoms with Gasteiger partial charge in [0.1, 0.15) is 5.75 Å². The Morgan fingerprint density at radius 2 is 1.85 bits per heavy atom. The summed E-state index contributed by atoms with van der Waals surface area (Å²) in [5, 5.41) is 3.98. The van der Waals surface area contributed by atoms with Crippen LogP contribution >= 0.6 is 11.8 Å². The first-order valence-corrected chi connectivity index (χ1v) is 11.7. The maximum atomic E-state index is 13.0. The highest BCUT2D eigenvalue weighted by atomic mass is 32.2. The number of aromatic nitrogens is 2. The van der Waals surface area contributed by atoms with Crippen molar-refractivity contribution in [3.8, 4) is 17.1 Å². The number of amides is 1. The first kappa shape index (κ1) is 23.9. The number of rotatable bonds is 7. The molecule has 1 aliphatic heterocycles. The van der Waals surface area contributed by atoms with Gasteiger partial charge in [0, 0.05) is 37.4 Å². The van der Waals surface area contributed by atoms with Crippen molar-refractivity contribution in [1.82, 2.24) is 15.0 Å². The summed E-state index contributed by atoms with van der Waals surface area (Å²) in [6, 6.07) is 12.6. The number of carbonyl (C=O) groups is 1. The minimum atomic E-state index is -4.38. The van der Waals surface area contributed by atoms with E-state index in [4.69, 9.17) is 9.26 Å². The van der Waals surface area contributed by atoms with Gasteiger partial charge in [0.2, 0.25) is 17.6 Å². The zero-order valence-electron chi connectivity index (χ0n) is 18.4. The zero-order chi connectivity index (χ0) is 24.1. The van der Waals surface area contributed by atoms with E-state index >= 15 is 0 Å². The second kappa shape index (κ2) is 10.4. The Morgan fingerprint density at radius 3 is 2.53 bits per heavy atom. The Morgan fingerprint density at radius 1 is 1.12 bits per heavy atom. The quantitative estimate of drug-likeness (QED) is 0.486. The summed E-state index contributed by atoms with van der Waals surface area (Å²) >= 11 is 1.38. The van der Waals surface area contributed by atoms with Crippen LogP contribution in [0.25, 0.3) is 11.4 Å². The summed E-state index contributed by atoms with van der Waals surface area (Å²) in [6.07, 6.45) is -4.38. The summed E-state index contributed by atoms with van der Waals surface area (Å²) in [5.74, 6) is 2.26. The standard InChI is InChI=1S/C23H23F3N4O3S/c1-32-19-7-5-16(6-8-19)22-27-20(33-28-22)14-34-15-21(31)30-11-9-29(10-12-30)18-4-2-3-17(13-18)23(24,25)26/h2-8,13H,9-12,14-15H2,1H3. The van der Waals surface area contributed by atoms with Crippen molar-refractivity contribution in [2.75, 3.05) is 43.9 Å². The fourth-order valence-corrected chi connectivity index (χ4v) is 4.33. The Hall–Kier alpha value is -3.21. The normalized spacial score (nSPS) is 14.4. The Labute approximate surface area is 198 Å². The molecule has 0 unspecified atom stereocenters. The Kier molecular flexibility index (Phi) is 7.30. The summed E-state index contributed by atoms with van der Waals surface area (Å²) in [6.45, 7) is 1.87. The monoisotopic (exact) mass is 492 g/mol. The number of nitrogens with zero attached hydrogens (tertiary/aromatic N) is 4. The van der Waals surface area contributed by atoms with E-state index in [9.17, 15) is 18.0 Å². The minimum absolute atomic E-state index is 0.0245. The van der Waals surface area contributed by atoms with Crippen LogP contribution in [0, 0.1) is 0 Å². The van der Waals surface area contributed by atoms with Crippen LogP contribution in [0.15, 0.2) is 53.1 Å². The van der Waals surface area contributed by atoms with Gasteiger partial charge in [0.05, 0.1) is 24.2 Å². The average molecular weight is 493 g/mol. The molecule has 4 rings (SSSR count). The van der Waals surface area contributed by atoms with Gasteiger partial charge in [-0.05, 0) is 42.5 Å². The van der Waals surface area contributed by atoms with Crippen LogP contribution in [0.1, 0.15) is 11.5 Å². The number of anilines is 1. The van der Waals surface area contributed by atoms with E-state index in [-0.39, 0.29) is 11.7 Å². The number of halogens is 3. The molecule has 1 aromatic heterocycles. The van der Waals surface area contributed by atoms with Gasteiger partial charge in [0.15, 0.2) is 0 Å². The van der Waals surface area contributed by atoms with Gasteiger partial charge in [-0.2, -0.15) is 18.2 Å². The summed E-state index contributed by atoms with van der Waals surface area (Å²) in [4.78, 5) is 20.5. The molecule has 1 aliphatic rings. The second-order valence-electron chi connectivity index (χ2n) is 7.65. The van der Waals surface area contributed by atoms with Gasteiger partial charge in [-0.15, -0.1) is 11.8 Å². The van der Waals surface area contributed by atoms with Crippen LogP contribution in [0.5, 0.6) is 5.75 Å². The first-order chi connectivity index (χ1) is 16.3. The predicted octanol–water partition coefficient (Wildman–Crippen LogP) is 4.35. The van der Waals surface area contributed by atoms with E-state index < -0.39 is 11.7 Å². The molecule has 1 fully saturated rings. The molecule has 1 saturated heterocycles. The molecule has 34 heavy (non-hydrogen) atoms. The first-order valence-electron chi connectivity index (χ1n) is 10.6. The fourth-order valence-electron chi connectivity index (χ4n) is 3.58. The number of hydrogen-bond donors (Lipinski definition) is 0. The molecular weight excluding hydrogens is 469 g/mol. The molecule has 0 aliphatic carbocycles. The number of hydrogen-bond acceptors (Lipinski definition) is 7. The second-order valence-corrected chi connectivity index (χ2v) is 8.63. The molecule has 0 N–H and O–H groups in total. The molecule has 0 radical (unpaired) electrons. The molecule has 0 spiro atoms. The van der Waals surface area contributed by atoms with Crippen molar-refractivity contribution in [2.24, 2.45) is 0 Å². The largest absolute Gasteiger partial charge is 0.497 e. The smallest absolute Gasteiger partial charge is 0.416 e. The van der Waals surface area contributed by atoms with Crippen molar-refractivity contribution in [3.63, 3.8) is 0 Å². The van der Waals surface area contributed by atoms with Gasteiger partial charge in [-0.3, -0.25) is 4.79 Å². The lowest BCUT2D eigenvalue weighted by atomic mass is 10.1. The average Bonchev–Trinajstić information content (AvgIpc) is 3.32. The van der Waals surface area contributed by atoms with Gasteiger partial charge in [0.25, 0.3) is 0 Å². The van der Waals surface area contributed by atoms with E-state index in [1.807, 2.05) is 29.2 Å². The minimum Gasteiger partial charge on any atom is -0.497 e. The fraction of sp³-hybridized carbons (Fsp3) is 0.348. The van der Waals surface area contributed by atoms with Crippen molar-refractivity contribution in [3.05, 3.63) is 60.0 Å². The topological polar surface area (TPSA) is 71.7 Å². The van der Waals surface area contributed by atoms with Crippen LogP contribution < -0.4 is 9.64 Å². The molecule has 7 nitrogen and oxygen atoms in total. The van der Waals surface area contributed by atoms with E-state index in [1.54, 1.807) is 18.1 Å². The Balaban J connectivity index is 1.23. The molecule has 0 atom stereocenters. The molecule has 2 heterocycles. The number of thioether (sulfide) groups is 1. The lowest BCUT2D eigenvalue weighted by Crippen LogP contribution is -2.49. The highest BCUT2D eigenvalue weighted by molar-refractivity contribution is 7.99. The lowest BCUT2D eigenvalue weighted by molar-refractivity contribution is -0.137. The van der Waals surface area contributed by atoms with E-state index in [2.05, 4.69) is 10.1 Å². The van der Waals surface area contributed by atoms with Gasteiger partial charge in [-0.25, -0.2) is 0 Å². The van der Waals surface area contributed by atoms with E-state index in [1.165, 1.54) is 17.8 Å². The maximum absolute atomic E-state index is 13.0. The zero-order valence-corrected chi connectivity index (χ0v) is 19.2. The van der Waals surface area contributed by atoms with Gasteiger partial charge < -0.3 is 19.1 Å².